The normalized spacial score (nSPS) is 20.5. The van der Waals surface area contributed by atoms with E-state index in [0.29, 0.717) is 16.7 Å². The first kappa shape index (κ1) is 18.1. The molecule has 2 N–H and O–H groups in total. The molecular weight excluding hydrogens is 395 g/mol. The SMILES string of the molecule is COc1ccc2c(c1F)C(=O)N(CC1(c3cc4ncccc4o3)NC(=O)NC1=O)C2. The summed E-state index contributed by atoms with van der Waals surface area (Å²) in [7, 11) is 1.31. The number of carbonyl (C=O) groups is 3. The molecule has 0 spiro atoms. The number of urea groups is 1. The van der Waals surface area contributed by atoms with Crippen LogP contribution in [0.5, 0.6) is 5.75 Å². The van der Waals surface area contributed by atoms with Crippen molar-refractivity contribution in [2.45, 2.75) is 12.1 Å². The van der Waals surface area contributed by atoms with Gasteiger partial charge in [0.1, 0.15) is 11.3 Å². The van der Waals surface area contributed by atoms with Crippen LogP contribution in [0.3, 0.4) is 0 Å². The zero-order valence-corrected chi connectivity index (χ0v) is 15.7. The van der Waals surface area contributed by atoms with Crippen molar-refractivity contribution in [2.24, 2.45) is 0 Å². The Kier molecular flexibility index (Phi) is 3.79. The molecule has 5 rings (SSSR count). The Morgan fingerprint density at radius 3 is 2.83 bits per heavy atom. The molecule has 0 saturated carbocycles. The van der Waals surface area contributed by atoms with Gasteiger partial charge in [-0.2, -0.15) is 0 Å². The van der Waals surface area contributed by atoms with Gasteiger partial charge in [-0.05, 0) is 23.8 Å². The average molecular weight is 410 g/mol. The van der Waals surface area contributed by atoms with E-state index in [1.165, 1.54) is 24.1 Å². The van der Waals surface area contributed by atoms with E-state index in [4.69, 9.17) is 9.15 Å². The predicted octanol–water partition coefficient (Wildman–Crippen LogP) is 1.67. The summed E-state index contributed by atoms with van der Waals surface area (Å²) in [5.41, 5.74) is -0.402. The van der Waals surface area contributed by atoms with Crippen LogP contribution in [-0.4, -0.2) is 41.4 Å². The molecule has 0 aliphatic carbocycles. The number of aromatic nitrogens is 1. The zero-order valence-electron chi connectivity index (χ0n) is 15.7. The number of pyridine rings is 1. The van der Waals surface area contributed by atoms with Crippen molar-refractivity contribution in [3.8, 4) is 5.75 Å². The Balaban J connectivity index is 1.56. The first-order chi connectivity index (χ1) is 14.4. The van der Waals surface area contributed by atoms with Crippen molar-refractivity contribution in [3.05, 3.63) is 59.2 Å². The second-order valence-corrected chi connectivity index (χ2v) is 7.09. The van der Waals surface area contributed by atoms with Crippen molar-refractivity contribution >= 4 is 28.9 Å². The Labute approximate surface area is 168 Å². The fourth-order valence-electron chi connectivity index (χ4n) is 3.90. The summed E-state index contributed by atoms with van der Waals surface area (Å²) in [5.74, 6) is -1.96. The number of benzene rings is 1. The standard InChI is InChI=1S/C20H15FN4O5/c1-29-13-5-4-10-8-25(17(26)15(10)16(13)21)9-20(18(27)23-19(28)24-20)14-7-11-12(30-14)3-2-6-22-11/h2-7H,8-9H2,1H3,(H2,23,24,27,28). The maximum absolute atomic E-state index is 14.7. The lowest BCUT2D eigenvalue weighted by Crippen LogP contribution is -2.52. The summed E-state index contributed by atoms with van der Waals surface area (Å²) in [6.45, 7) is -0.182. The summed E-state index contributed by atoms with van der Waals surface area (Å²) in [6.07, 6.45) is 1.57. The van der Waals surface area contributed by atoms with Crippen LogP contribution in [0.15, 0.2) is 40.9 Å². The molecule has 2 aliphatic heterocycles. The molecule has 2 aromatic heterocycles. The molecule has 10 heteroatoms. The van der Waals surface area contributed by atoms with E-state index >= 15 is 0 Å². The lowest BCUT2D eigenvalue weighted by molar-refractivity contribution is -0.125. The lowest BCUT2D eigenvalue weighted by Gasteiger charge is -2.28. The van der Waals surface area contributed by atoms with E-state index in [1.807, 2.05) is 0 Å². The highest BCUT2D eigenvalue weighted by molar-refractivity contribution is 6.08. The highest BCUT2D eigenvalue weighted by atomic mass is 19.1. The van der Waals surface area contributed by atoms with Crippen molar-refractivity contribution in [2.75, 3.05) is 13.7 Å². The number of nitrogens with one attached hydrogen (secondary N) is 2. The number of fused-ring (bicyclic) bond motifs is 2. The largest absolute Gasteiger partial charge is 0.494 e. The van der Waals surface area contributed by atoms with Gasteiger partial charge >= 0.3 is 6.03 Å². The quantitative estimate of drug-likeness (QED) is 0.633. The molecule has 0 radical (unpaired) electrons. The summed E-state index contributed by atoms with van der Waals surface area (Å²) in [4.78, 5) is 43.2. The van der Waals surface area contributed by atoms with Gasteiger partial charge in [0.05, 0.1) is 19.2 Å². The van der Waals surface area contributed by atoms with Crippen molar-refractivity contribution in [1.29, 1.82) is 0 Å². The molecule has 9 nitrogen and oxygen atoms in total. The summed E-state index contributed by atoms with van der Waals surface area (Å²) >= 11 is 0. The van der Waals surface area contributed by atoms with Gasteiger partial charge < -0.3 is 19.4 Å². The molecule has 1 aromatic carbocycles. The molecule has 1 unspecified atom stereocenters. The van der Waals surface area contributed by atoms with Crippen LogP contribution in [0.2, 0.25) is 0 Å². The topological polar surface area (TPSA) is 114 Å². The number of carbonyl (C=O) groups excluding carboxylic acids is 3. The number of furan rings is 1. The van der Waals surface area contributed by atoms with E-state index < -0.39 is 29.2 Å². The first-order valence-corrected chi connectivity index (χ1v) is 9.06. The second-order valence-electron chi connectivity index (χ2n) is 7.09. The van der Waals surface area contributed by atoms with E-state index in [2.05, 4.69) is 15.6 Å². The second kappa shape index (κ2) is 6.28. The maximum Gasteiger partial charge on any atom is 0.322 e. The molecule has 0 bridgehead atoms. The molecular formula is C20H15FN4O5. The molecule has 4 amide bonds. The van der Waals surface area contributed by atoms with Crippen molar-refractivity contribution in [3.63, 3.8) is 0 Å². The monoisotopic (exact) mass is 410 g/mol. The van der Waals surface area contributed by atoms with Gasteiger partial charge in [-0.3, -0.25) is 19.9 Å². The lowest BCUT2D eigenvalue weighted by atomic mass is 9.95. The molecule has 4 heterocycles. The third kappa shape index (κ3) is 2.46. The maximum atomic E-state index is 14.7. The first-order valence-electron chi connectivity index (χ1n) is 9.06. The van der Waals surface area contributed by atoms with Gasteiger partial charge in [0.25, 0.3) is 11.8 Å². The molecule has 152 valence electrons. The van der Waals surface area contributed by atoms with Crippen molar-refractivity contribution < 1.29 is 27.9 Å². The van der Waals surface area contributed by atoms with Crippen LogP contribution >= 0.6 is 0 Å². The van der Waals surface area contributed by atoms with Gasteiger partial charge in [0.15, 0.2) is 22.7 Å². The summed E-state index contributed by atoms with van der Waals surface area (Å²) < 4.78 is 25.4. The Hall–Kier alpha value is -3.95. The predicted molar refractivity (Wildman–Crippen MR) is 100 cm³/mol. The van der Waals surface area contributed by atoms with Crippen molar-refractivity contribution in [1.82, 2.24) is 20.5 Å². The third-order valence-electron chi connectivity index (χ3n) is 5.35. The number of hydrogen-bond donors (Lipinski definition) is 2. The van der Waals surface area contributed by atoms with Gasteiger partial charge in [-0.25, -0.2) is 9.18 Å². The van der Waals surface area contributed by atoms with Crippen LogP contribution < -0.4 is 15.4 Å². The molecule has 2 aliphatic rings. The highest BCUT2D eigenvalue weighted by Gasteiger charge is 2.53. The third-order valence-corrected chi connectivity index (χ3v) is 5.35. The highest BCUT2D eigenvalue weighted by Crippen LogP contribution is 2.35. The minimum Gasteiger partial charge on any atom is -0.494 e. The number of ether oxygens (including phenoxy) is 1. The number of methoxy groups -OCH3 is 1. The number of hydrogen-bond acceptors (Lipinski definition) is 6. The number of halogens is 1. The van der Waals surface area contributed by atoms with E-state index in [9.17, 15) is 18.8 Å². The minimum atomic E-state index is -1.67. The fraction of sp³-hybridized carbons (Fsp3) is 0.200. The van der Waals surface area contributed by atoms with E-state index in [-0.39, 0.29) is 30.2 Å². The van der Waals surface area contributed by atoms with Gasteiger partial charge in [0.2, 0.25) is 0 Å². The Bertz CT molecular complexity index is 1210. The molecule has 1 atom stereocenters. The van der Waals surface area contributed by atoms with Crippen LogP contribution in [0.4, 0.5) is 9.18 Å². The van der Waals surface area contributed by atoms with Crippen LogP contribution in [0, 0.1) is 5.82 Å². The zero-order chi connectivity index (χ0) is 21.0. The molecule has 1 saturated heterocycles. The smallest absolute Gasteiger partial charge is 0.322 e. The van der Waals surface area contributed by atoms with Crippen LogP contribution in [0.1, 0.15) is 21.7 Å². The summed E-state index contributed by atoms with van der Waals surface area (Å²) in [6, 6.07) is 7.21. The number of amides is 4. The van der Waals surface area contributed by atoms with E-state index in [1.54, 1.807) is 24.4 Å². The van der Waals surface area contributed by atoms with Crippen LogP contribution in [-0.2, 0) is 16.9 Å². The van der Waals surface area contributed by atoms with Gasteiger partial charge in [0, 0.05) is 18.8 Å². The molecule has 1 fully saturated rings. The Morgan fingerprint density at radius 2 is 2.13 bits per heavy atom. The average Bonchev–Trinajstić information content (AvgIpc) is 3.37. The fourth-order valence-corrected chi connectivity index (χ4v) is 3.90. The van der Waals surface area contributed by atoms with Gasteiger partial charge in [-0.15, -0.1) is 0 Å². The number of rotatable bonds is 4. The molecule has 30 heavy (non-hydrogen) atoms. The van der Waals surface area contributed by atoms with E-state index in [0.717, 1.165) is 0 Å². The summed E-state index contributed by atoms with van der Waals surface area (Å²) in [5, 5.41) is 4.76. The molecule has 3 aromatic rings. The van der Waals surface area contributed by atoms with Gasteiger partial charge in [-0.1, -0.05) is 6.07 Å². The number of nitrogens with zero attached hydrogens (tertiary/aromatic N) is 2. The van der Waals surface area contributed by atoms with Crippen LogP contribution in [0.25, 0.3) is 11.1 Å². The minimum absolute atomic E-state index is 0.0473. The Morgan fingerprint density at radius 1 is 1.30 bits per heavy atom. The number of imide groups is 1.